The number of nitrogens with two attached hydrogens (primary N) is 1. The Morgan fingerprint density at radius 1 is 0.514 bits per heavy atom. The van der Waals surface area contributed by atoms with E-state index in [-0.39, 0.29) is 46.4 Å². The monoisotopic (exact) mass is 1980 g/mol. The Morgan fingerprint density at radius 3 is 1.77 bits per heavy atom. The van der Waals surface area contributed by atoms with Crippen LogP contribution in [0, 0.1) is 5.92 Å². The number of amides is 9. The number of phenols is 4. The number of aliphatic hydroxyl groups is 9. The third-order valence-electron chi connectivity index (χ3n) is 24.7. The summed E-state index contributed by atoms with van der Waals surface area (Å²) in [5, 5.41) is 184. The fourth-order valence-electron chi connectivity index (χ4n) is 17.4. The number of carbonyl (C=O) groups is 10. The summed E-state index contributed by atoms with van der Waals surface area (Å²) in [6.45, 7) is 2.77. The number of ether oxygens (including phenoxy) is 9. The minimum atomic E-state index is -2.61. The van der Waals surface area contributed by atoms with Crippen LogP contribution in [0.3, 0.4) is 0 Å². The summed E-state index contributed by atoms with van der Waals surface area (Å²) < 4.78 is 58.1. The van der Waals surface area contributed by atoms with Crippen LogP contribution < -0.4 is 77.3 Å². The smallest absolute Gasteiger partial charge is 0.330 e. The molecule has 744 valence electrons. The lowest BCUT2D eigenvalue weighted by atomic mass is 9.89. The van der Waals surface area contributed by atoms with Crippen molar-refractivity contribution in [3.8, 4) is 80.1 Å². The van der Waals surface area contributed by atoms with Crippen molar-refractivity contribution in [2.24, 2.45) is 11.7 Å². The van der Waals surface area contributed by atoms with Crippen LogP contribution in [0.5, 0.6) is 69.0 Å². The number of nitrogens with one attached hydrogen (secondary N) is 9. The molecule has 0 unspecified atom stereocenters. The average Bonchev–Trinajstić information content (AvgIpc) is 0.760. The lowest BCUT2D eigenvalue weighted by molar-refractivity contribution is -0.284. The highest BCUT2D eigenvalue weighted by molar-refractivity contribution is 6.32. The number of aliphatic carboxylic acids is 1. The Balaban J connectivity index is 0.994. The summed E-state index contributed by atoms with van der Waals surface area (Å²) in [7, 11) is 0. The molecule has 8 aromatic carbocycles. The van der Waals surface area contributed by atoms with Gasteiger partial charge in [-0.05, 0) is 130 Å². The predicted molar refractivity (Wildman–Crippen MR) is 484 cm³/mol. The summed E-state index contributed by atoms with van der Waals surface area (Å²) in [6.07, 6.45) is -27.2. The van der Waals surface area contributed by atoms with Crippen molar-refractivity contribution in [1.82, 2.24) is 47.9 Å². The molecule has 45 heteroatoms. The molecule has 8 aromatic rings. The Kier molecular flexibility index (Phi) is 31.2. The second kappa shape index (κ2) is 43.2. The fraction of sp³-hybridized carbons (Fsp3) is 0.389. The number of hydrogen-bond acceptors (Lipinski definition) is 33. The summed E-state index contributed by atoms with van der Waals surface area (Å²) in [6, 6.07) is 8.70. The topological polar surface area (TPSA) is 671 Å². The fourth-order valence-corrected chi connectivity index (χ4v) is 17.8. The Labute approximate surface area is 806 Å². The molecule has 25 N–H and O–H groups in total. The number of aliphatic hydroxyl groups excluding tert-OH is 9. The number of carboxylic acid groups (broad SMARTS) is 1. The molecule has 0 radical (unpaired) electrons. The summed E-state index contributed by atoms with van der Waals surface area (Å²) >= 11 is 14.9. The summed E-state index contributed by atoms with van der Waals surface area (Å²) in [5.41, 5.74) is 3.26. The average molecular weight is 1980 g/mol. The van der Waals surface area contributed by atoms with Gasteiger partial charge in [0.05, 0.1) is 23.3 Å². The highest BCUT2D eigenvalue weighted by Gasteiger charge is 2.53. The lowest BCUT2D eigenvalue weighted by Crippen LogP contribution is -2.67. The van der Waals surface area contributed by atoms with Gasteiger partial charge in [-0.2, -0.15) is 0 Å². The van der Waals surface area contributed by atoms with Crippen molar-refractivity contribution < 1.29 is 162 Å². The van der Waals surface area contributed by atoms with E-state index in [0.29, 0.717) is 24.3 Å². The number of benzene rings is 8. The number of carbonyl (C=O) groups excluding carboxylic acids is 9. The standard InChI is InChI=1S/C95H102Cl2N10O33/c1-38(2)11-7-4-5-10-14-65(115)102-73-78(119)80(121)84(91(129)99-35-40-12-8-6-9-13-40)140-94(73)139-83-61-30-46-31-62(83)134-58-22-18-44(28-53(58)97)82(138-93-72(100-39(3)110)77(118)75(116)63(36-108)136-93)74-90(128)106-71(92(130)131)51-33-48(112)34-60(135-95-81(122)79(120)76(117)64(37-109)137-95)66(51)50-27-43(17-19-55(50)113)68(87(125)107-74)104-89(127)70(46)105-88(126)69-45-25-47(111)32-49(26-45)132-59-29-42(16-20-56(59)114)67(98)86(124)101-54(85(123)103-69)24-41-15-21-57(133-61)52(96)23-41/h6,8-9,12-13,15-23,25-34,38,54,63-64,67-82,84,93-95,108-109,111-114,116-122H,4-5,7,10-11,14,24,35-37,98H2,1-3H3,(H,99,129)(H,100,110)(H,101,124)(H,102,115)(H,103,123)(H,104,127)(H,105,126)(H,106,128)(H,107,125)(H,130,131)/t54-,63-,64-,67-,68-,69+,70-,71+,72-,73-,74+,75-,76-,77-,78-,79+,80+,81+,82-,84+,93+,94-,95+/m1/s1. The van der Waals surface area contributed by atoms with Crippen molar-refractivity contribution in [2.45, 2.75) is 213 Å². The quantitative estimate of drug-likeness (QED) is 0.0459. The van der Waals surface area contributed by atoms with Gasteiger partial charge in [0.2, 0.25) is 65.6 Å². The number of fused-ring (bicyclic) bond motifs is 14. The van der Waals surface area contributed by atoms with Crippen molar-refractivity contribution in [3.63, 3.8) is 0 Å². The van der Waals surface area contributed by atoms with Crippen LogP contribution in [0.15, 0.2) is 146 Å². The van der Waals surface area contributed by atoms with Crippen LogP contribution in [0.2, 0.25) is 10.0 Å². The maximum atomic E-state index is 17.2. The third-order valence-corrected chi connectivity index (χ3v) is 25.3. The number of halogens is 2. The normalized spacial score (nSPS) is 27.8. The molecule has 0 spiro atoms. The largest absolute Gasteiger partial charge is 0.508 e. The van der Waals surface area contributed by atoms with Crippen LogP contribution in [-0.2, 0) is 79.9 Å². The molecule has 140 heavy (non-hydrogen) atoms. The Morgan fingerprint density at radius 2 is 1.11 bits per heavy atom. The molecule has 17 rings (SSSR count). The molecule has 23 atom stereocenters. The molecule has 9 aliphatic rings. The summed E-state index contributed by atoms with van der Waals surface area (Å²) in [4.78, 5) is 154. The SMILES string of the molecule is CC(=O)N[C@H]1[C@H](O[C@@H]2c3ccc(c(Cl)c3)Oc3cc4cc(c3O[C@@H]3O[C@H](C(=O)NCc5ccccc5)[C@@H](O)[C@H](O)[C@H]3NC(=O)CCCCCCC(C)C)Oc3ccc(cc3Cl)C[C@H]3NC(=O)[C@H](N)c5ccc(O)c(c5)Oc5cc(O)cc(c5)[C@H](NC3=O)C(=O)N[C@H]4C(=O)N[C@H]3C(=O)N[C@@H]2C(=O)N[C@H](C(=O)O)c2cc(O)cc(O[C@H]4O[C@H](CO)[C@@H](O)[C@H](O)[C@@H]4O)c2-c2cc3ccc2O)O[C@H](CO)[C@@H](O)[C@@H]1O. The van der Waals surface area contributed by atoms with Crippen LogP contribution in [0.1, 0.15) is 140 Å². The van der Waals surface area contributed by atoms with Crippen molar-refractivity contribution in [3.05, 3.63) is 200 Å². The first-order chi connectivity index (χ1) is 66.8. The van der Waals surface area contributed by atoms with E-state index < -0.39 is 315 Å². The number of rotatable bonds is 21. The van der Waals surface area contributed by atoms with E-state index in [0.717, 1.165) is 111 Å². The van der Waals surface area contributed by atoms with Gasteiger partial charge in [-0.1, -0.05) is 117 Å². The Hall–Kier alpha value is -13.3. The molecular weight excluding hydrogens is 1880 g/mol. The molecule has 0 aliphatic carbocycles. The Bertz CT molecular complexity index is 6050. The highest BCUT2D eigenvalue weighted by Crippen LogP contribution is 2.51. The zero-order valence-corrected chi connectivity index (χ0v) is 76.1. The van der Waals surface area contributed by atoms with E-state index in [1.54, 1.807) is 30.3 Å². The molecule has 3 fully saturated rings. The van der Waals surface area contributed by atoms with Crippen molar-refractivity contribution >= 4 is 82.3 Å². The van der Waals surface area contributed by atoms with Crippen LogP contribution in [0.4, 0.5) is 0 Å². The van der Waals surface area contributed by atoms with E-state index in [9.17, 15) is 95.5 Å². The highest BCUT2D eigenvalue weighted by atomic mass is 35.5. The molecule has 0 aromatic heterocycles. The van der Waals surface area contributed by atoms with Gasteiger partial charge < -0.3 is 168 Å². The van der Waals surface area contributed by atoms with E-state index >= 15 is 24.0 Å². The molecule has 17 bridgehead atoms. The number of carboxylic acids is 1. The number of hydrogen-bond donors (Lipinski definition) is 24. The van der Waals surface area contributed by atoms with Crippen LogP contribution in [-0.4, -0.2) is 248 Å². The molecule has 0 saturated carbocycles. The molecule has 43 nitrogen and oxygen atoms in total. The molecular formula is C95H102Cl2N10O33. The first-order valence-electron chi connectivity index (χ1n) is 44.6. The molecule has 3 saturated heterocycles. The lowest BCUT2D eigenvalue weighted by Gasteiger charge is -2.44. The van der Waals surface area contributed by atoms with E-state index in [4.69, 9.17) is 71.6 Å². The zero-order valence-electron chi connectivity index (χ0n) is 74.6. The third kappa shape index (κ3) is 22.3. The van der Waals surface area contributed by atoms with Crippen LogP contribution in [0.25, 0.3) is 11.1 Å². The second-order valence-electron chi connectivity index (χ2n) is 35.1. The van der Waals surface area contributed by atoms with Gasteiger partial charge in [0.1, 0.15) is 150 Å². The van der Waals surface area contributed by atoms with Gasteiger partial charge in [-0.25, -0.2) is 4.79 Å². The minimum absolute atomic E-state index is 0.0183. The summed E-state index contributed by atoms with van der Waals surface area (Å²) in [5.74, 6) is -20.6. The van der Waals surface area contributed by atoms with Gasteiger partial charge in [-0.3, -0.25) is 43.2 Å². The molecule has 9 amide bonds. The van der Waals surface area contributed by atoms with Gasteiger partial charge >= 0.3 is 5.97 Å². The maximum absolute atomic E-state index is 17.2. The zero-order chi connectivity index (χ0) is 100. The number of unbranched alkanes of at least 4 members (excludes halogenated alkanes) is 3. The van der Waals surface area contributed by atoms with Gasteiger partial charge in [-0.15, -0.1) is 0 Å². The predicted octanol–water partition coefficient (Wildman–Crippen LogP) is 2.34. The first kappa shape index (κ1) is 101. The maximum Gasteiger partial charge on any atom is 0.330 e. The molecule has 9 heterocycles. The minimum Gasteiger partial charge on any atom is -0.508 e. The van der Waals surface area contributed by atoms with E-state index in [1.165, 1.54) is 30.3 Å². The first-order valence-corrected chi connectivity index (χ1v) is 45.3. The van der Waals surface area contributed by atoms with E-state index in [2.05, 4.69) is 61.7 Å². The van der Waals surface area contributed by atoms with Crippen molar-refractivity contribution in [2.75, 3.05) is 13.2 Å². The van der Waals surface area contributed by atoms with Crippen molar-refractivity contribution in [1.29, 1.82) is 0 Å². The second-order valence-corrected chi connectivity index (χ2v) is 35.9. The van der Waals surface area contributed by atoms with Crippen LogP contribution >= 0.6 is 23.2 Å². The van der Waals surface area contributed by atoms with Gasteiger partial charge in [0.25, 0.3) is 5.91 Å². The van der Waals surface area contributed by atoms with Gasteiger partial charge in [0, 0.05) is 55.1 Å². The molecule has 9 aliphatic heterocycles. The van der Waals surface area contributed by atoms with E-state index in [1.807, 2.05) is 0 Å². The van der Waals surface area contributed by atoms with Gasteiger partial charge in [0.15, 0.2) is 41.4 Å². The number of aromatic hydroxyl groups is 4. The number of phenolic OH excluding ortho intramolecular Hbond substituents is 4.